The van der Waals surface area contributed by atoms with Crippen molar-refractivity contribution in [3.8, 4) is 0 Å². The predicted octanol–water partition coefficient (Wildman–Crippen LogP) is 3.79. The number of carbonyl (C=O) groups is 1. The zero-order valence-corrected chi connectivity index (χ0v) is 13.3. The van der Waals surface area contributed by atoms with E-state index in [-0.39, 0.29) is 11.9 Å². The van der Waals surface area contributed by atoms with Crippen LogP contribution in [0, 0.1) is 11.3 Å². The molecule has 0 aromatic carbocycles. The number of rotatable bonds is 2. The molecule has 1 aliphatic rings. The summed E-state index contributed by atoms with van der Waals surface area (Å²) in [7, 11) is 0. The zero-order valence-electron chi connectivity index (χ0n) is 11.7. The van der Waals surface area contributed by atoms with E-state index in [0.29, 0.717) is 16.9 Å². The summed E-state index contributed by atoms with van der Waals surface area (Å²) in [5, 5.41) is 3.15. The maximum absolute atomic E-state index is 12.2. The number of hydrogen-bond acceptors (Lipinski definition) is 2. The summed E-state index contributed by atoms with van der Waals surface area (Å²) in [5.74, 6) is 0.637. The van der Waals surface area contributed by atoms with Crippen molar-refractivity contribution in [2.75, 3.05) is 0 Å². The molecule has 1 saturated carbocycles. The lowest BCUT2D eigenvalue weighted by molar-refractivity contribution is 0.0874. The van der Waals surface area contributed by atoms with Crippen LogP contribution >= 0.6 is 15.9 Å². The summed E-state index contributed by atoms with van der Waals surface area (Å²) >= 11 is 3.34. The molecule has 1 fully saturated rings. The normalized spacial score (nSPS) is 25.9. The quantitative estimate of drug-likeness (QED) is 0.899. The molecule has 0 spiro atoms. The number of aromatic nitrogens is 1. The molecule has 1 aromatic heterocycles. The Bertz CT molecular complexity index is 473. The lowest BCUT2D eigenvalue weighted by Gasteiger charge is -2.39. The number of halogens is 1. The second kappa shape index (κ2) is 5.61. The fourth-order valence-corrected chi connectivity index (χ4v) is 3.63. The number of amides is 1. The number of pyridine rings is 1. The molecule has 0 bridgehead atoms. The topological polar surface area (TPSA) is 42.0 Å². The largest absolute Gasteiger partial charge is 0.349 e. The number of hydrogen-bond donors (Lipinski definition) is 1. The van der Waals surface area contributed by atoms with E-state index in [0.717, 1.165) is 17.3 Å². The average molecular weight is 325 g/mol. The third kappa shape index (κ3) is 4.03. The highest BCUT2D eigenvalue weighted by atomic mass is 79.9. The maximum atomic E-state index is 12.2. The van der Waals surface area contributed by atoms with Gasteiger partial charge in [-0.15, -0.1) is 0 Å². The maximum Gasteiger partial charge on any atom is 0.253 e. The summed E-state index contributed by atoms with van der Waals surface area (Å²) < 4.78 is 0.831. The van der Waals surface area contributed by atoms with Crippen molar-refractivity contribution in [3.05, 3.63) is 28.5 Å². The summed E-state index contributed by atoms with van der Waals surface area (Å²) in [4.78, 5) is 16.2. The molecule has 0 aliphatic heterocycles. The molecule has 0 unspecified atom stereocenters. The lowest BCUT2D eigenvalue weighted by Crippen LogP contribution is -2.43. The molecular weight excluding hydrogens is 304 g/mol. The Kier molecular flexibility index (Phi) is 4.29. The monoisotopic (exact) mass is 324 g/mol. The van der Waals surface area contributed by atoms with Gasteiger partial charge in [0.05, 0.1) is 5.56 Å². The van der Waals surface area contributed by atoms with Gasteiger partial charge in [0, 0.05) is 22.9 Å². The Balaban J connectivity index is 2.03. The SMILES string of the molecule is C[C@H]1C[C@H](NC(=O)c2cncc(Br)c2)CC(C)(C)C1. The minimum Gasteiger partial charge on any atom is -0.349 e. The first-order chi connectivity index (χ1) is 8.85. The van der Waals surface area contributed by atoms with Gasteiger partial charge in [0.25, 0.3) is 5.91 Å². The molecule has 1 heterocycles. The Morgan fingerprint density at radius 2 is 2.16 bits per heavy atom. The van der Waals surface area contributed by atoms with Gasteiger partial charge >= 0.3 is 0 Å². The van der Waals surface area contributed by atoms with Crippen LogP contribution in [0.1, 0.15) is 50.4 Å². The molecule has 1 amide bonds. The van der Waals surface area contributed by atoms with Crippen LogP contribution in [0.2, 0.25) is 0 Å². The standard InChI is InChI=1S/C15H21BrN2O/c1-10-4-13(7-15(2,3)6-10)18-14(19)11-5-12(16)9-17-8-11/h5,8-10,13H,4,6-7H2,1-3H3,(H,18,19)/t10-,13-/m0/s1. The van der Waals surface area contributed by atoms with Gasteiger partial charge in [0.2, 0.25) is 0 Å². The second-order valence-corrected chi connectivity index (χ2v) is 7.39. The smallest absolute Gasteiger partial charge is 0.253 e. The Labute approximate surface area is 123 Å². The first-order valence-electron chi connectivity index (χ1n) is 6.77. The molecule has 19 heavy (non-hydrogen) atoms. The van der Waals surface area contributed by atoms with Crippen molar-refractivity contribution in [3.63, 3.8) is 0 Å². The first kappa shape index (κ1) is 14.5. The van der Waals surface area contributed by atoms with Crippen molar-refractivity contribution in [2.24, 2.45) is 11.3 Å². The summed E-state index contributed by atoms with van der Waals surface area (Å²) in [6.45, 7) is 6.83. The van der Waals surface area contributed by atoms with Crippen molar-refractivity contribution in [1.82, 2.24) is 10.3 Å². The highest BCUT2D eigenvalue weighted by Crippen LogP contribution is 2.38. The van der Waals surface area contributed by atoms with Gasteiger partial charge in [-0.05, 0) is 52.6 Å². The molecule has 1 N–H and O–H groups in total. The van der Waals surface area contributed by atoms with Crippen LogP contribution < -0.4 is 5.32 Å². The first-order valence-corrected chi connectivity index (χ1v) is 7.56. The number of nitrogens with one attached hydrogen (secondary N) is 1. The molecule has 0 radical (unpaired) electrons. The van der Waals surface area contributed by atoms with Crippen molar-refractivity contribution < 1.29 is 4.79 Å². The van der Waals surface area contributed by atoms with Crippen LogP contribution in [0.15, 0.2) is 22.9 Å². The lowest BCUT2D eigenvalue weighted by atomic mass is 9.70. The van der Waals surface area contributed by atoms with Crippen molar-refractivity contribution >= 4 is 21.8 Å². The highest BCUT2D eigenvalue weighted by molar-refractivity contribution is 9.10. The summed E-state index contributed by atoms with van der Waals surface area (Å²) in [5.41, 5.74) is 0.927. The molecular formula is C15H21BrN2O. The highest BCUT2D eigenvalue weighted by Gasteiger charge is 2.32. The van der Waals surface area contributed by atoms with Crippen LogP contribution in [-0.4, -0.2) is 16.9 Å². The molecule has 2 atom stereocenters. The Morgan fingerprint density at radius 3 is 2.79 bits per heavy atom. The van der Waals surface area contributed by atoms with Gasteiger partial charge < -0.3 is 5.32 Å². The van der Waals surface area contributed by atoms with Crippen molar-refractivity contribution in [2.45, 2.75) is 46.1 Å². The molecule has 1 aliphatic carbocycles. The van der Waals surface area contributed by atoms with Crippen LogP contribution in [0.5, 0.6) is 0 Å². The van der Waals surface area contributed by atoms with E-state index < -0.39 is 0 Å². The predicted molar refractivity (Wildman–Crippen MR) is 80.0 cm³/mol. The minimum atomic E-state index is -0.0244. The number of nitrogens with zero attached hydrogens (tertiary/aromatic N) is 1. The Morgan fingerprint density at radius 1 is 1.42 bits per heavy atom. The fourth-order valence-electron chi connectivity index (χ4n) is 3.26. The van der Waals surface area contributed by atoms with E-state index in [1.807, 2.05) is 0 Å². The third-order valence-electron chi connectivity index (χ3n) is 3.69. The Hall–Kier alpha value is -0.900. The molecule has 4 heteroatoms. The van der Waals surface area contributed by atoms with Crippen LogP contribution in [0.25, 0.3) is 0 Å². The molecule has 3 nitrogen and oxygen atoms in total. The van der Waals surface area contributed by atoms with Gasteiger partial charge in [0.1, 0.15) is 0 Å². The molecule has 104 valence electrons. The van der Waals surface area contributed by atoms with Gasteiger partial charge in [0.15, 0.2) is 0 Å². The van der Waals surface area contributed by atoms with Gasteiger partial charge in [-0.3, -0.25) is 9.78 Å². The number of carbonyl (C=O) groups excluding carboxylic acids is 1. The van der Waals surface area contributed by atoms with Crippen LogP contribution in [-0.2, 0) is 0 Å². The third-order valence-corrected chi connectivity index (χ3v) is 4.12. The van der Waals surface area contributed by atoms with Gasteiger partial charge in [-0.25, -0.2) is 0 Å². The van der Waals surface area contributed by atoms with Crippen LogP contribution in [0.3, 0.4) is 0 Å². The van der Waals surface area contributed by atoms with E-state index in [1.54, 1.807) is 18.5 Å². The molecule has 2 rings (SSSR count). The van der Waals surface area contributed by atoms with Gasteiger partial charge in [-0.1, -0.05) is 20.8 Å². The van der Waals surface area contributed by atoms with E-state index in [1.165, 1.54) is 6.42 Å². The van der Waals surface area contributed by atoms with E-state index >= 15 is 0 Å². The van der Waals surface area contributed by atoms with Crippen LogP contribution in [0.4, 0.5) is 0 Å². The fraction of sp³-hybridized carbons (Fsp3) is 0.600. The zero-order chi connectivity index (χ0) is 14.0. The van der Waals surface area contributed by atoms with E-state index in [9.17, 15) is 4.79 Å². The summed E-state index contributed by atoms with van der Waals surface area (Å²) in [6, 6.07) is 2.07. The molecule has 0 saturated heterocycles. The minimum absolute atomic E-state index is 0.0244. The van der Waals surface area contributed by atoms with E-state index in [4.69, 9.17) is 0 Å². The summed E-state index contributed by atoms with van der Waals surface area (Å²) in [6.07, 6.45) is 6.64. The average Bonchev–Trinajstić information content (AvgIpc) is 2.25. The van der Waals surface area contributed by atoms with Crippen molar-refractivity contribution in [1.29, 1.82) is 0 Å². The second-order valence-electron chi connectivity index (χ2n) is 6.48. The molecule has 1 aromatic rings. The van der Waals surface area contributed by atoms with E-state index in [2.05, 4.69) is 47.0 Å². The van der Waals surface area contributed by atoms with Gasteiger partial charge in [-0.2, -0.15) is 0 Å².